The highest BCUT2D eigenvalue weighted by Crippen LogP contribution is 2.25. The molecule has 0 saturated carbocycles. The second kappa shape index (κ2) is 4.91. The minimum atomic E-state index is 0.131. The maximum Gasteiger partial charge on any atom is 0.0452 e. The maximum atomic E-state index is 4.32. The average Bonchev–Trinajstić information content (AvgIpc) is 1.95. The van der Waals surface area contributed by atoms with Gasteiger partial charge in [-0.25, -0.2) is 0 Å². The van der Waals surface area contributed by atoms with E-state index in [0.29, 0.717) is 0 Å². The maximum absolute atomic E-state index is 4.32. The van der Waals surface area contributed by atoms with Gasteiger partial charge in [-0.05, 0) is 19.9 Å². The van der Waals surface area contributed by atoms with Crippen LogP contribution in [0.3, 0.4) is 0 Å². The molecule has 0 heterocycles. The lowest BCUT2D eigenvalue weighted by Gasteiger charge is -2.18. The van der Waals surface area contributed by atoms with Crippen molar-refractivity contribution in [3.05, 3.63) is 23.9 Å². The lowest BCUT2D eigenvalue weighted by Crippen LogP contribution is -2.07. The van der Waals surface area contributed by atoms with E-state index in [0.717, 1.165) is 5.70 Å². The van der Waals surface area contributed by atoms with E-state index in [4.69, 9.17) is 0 Å². The van der Waals surface area contributed by atoms with Crippen LogP contribution in [0.4, 0.5) is 0 Å². The van der Waals surface area contributed by atoms with Crippen molar-refractivity contribution in [2.45, 2.75) is 34.6 Å². The van der Waals surface area contributed by atoms with E-state index in [9.17, 15) is 0 Å². The molecule has 1 nitrogen and oxygen atoms in total. The van der Waals surface area contributed by atoms with Gasteiger partial charge < -0.3 is 0 Å². The molecule has 0 aromatic rings. The van der Waals surface area contributed by atoms with Crippen LogP contribution in [-0.2, 0) is 0 Å². The molecule has 0 N–H and O–H groups in total. The Labute approximate surface area is 75.9 Å². The summed E-state index contributed by atoms with van der Waals surface area (Å²) in [4.78, 5) is 4.32. The molecular weight excluding hydrogens is 146 g/mol. The number of hydrogen-bond acceptors (Lipinski definition) is 1. The van der Waals surface area contributed by atoms with Gasteiger partial charge in [0.25, 0.3) is 0 Å². The summed E-state index contributed by atoms with van der Waals surface area (Å²) >= 11 is 0. The highest BCUT2D eigenvalue weighted by atomic mass is 14.7. The van der Waals surface area contributed by atoms with Gasteiger partial charge in [0, 0.05) is 17.3 Å². The van der Waals surface area contributed by atoms with Crippen LogP contribution in [0.25, 0.3) is 0 Å². The van der Waals surface area contributed by atoms with E-state index >= 15 is 0 Å². The van der Waals surface area contributed by atoms with Gasteiger partial charge in [-0.2, -0.15) is 0 Å². The molecule has 0 fully saturated rings. The molecular formula is C11H19N. The molecule has 0 unspecified atom stereocenters. The quantitative estimate of drug-likeness (QED) is 0.438. The summed E-state index contributed by atoms with van der Waals surface area (Å²) in [7, 11) is 0. The van der Waals surface area contributed by atoms with Gasteiger partial charge in [-0.1, -0.05) is 32.9 Å². The van der Waals surface area contributed by atoms with Crippen LogP contribution in [0.1, 0.15) is 34.6 Å². The standard InChI is InChI=1S/C11H19N/c1-6-8-9-10(12-7-2)11(3,4)5/h6-9H,1-5H3/b8-6-,10-9-,12-7?. The molecule has 1 heteroatoms. The summed E-state index contributed by atoms with van der Waals surface area (Å²) in [5.74, 6) is 0. The monoisotopic (exact) mass is 165 g/mol. The van der Waals surface area contributed by atoms with Crippen molar-refractivity contribution in [2.24, 2.45) is 10.4 Å². The third kappa shape index (κ3) is 4.12. The van der Waals surface area contributed by atoms with Crippen LogP contribution in [0.2, 0.25) is 0 Å². The topological polar surface area (TPSA) is 12.4 Å². The largest absolute Gasteiger partial charge is 0.265 e. The predicted molar refractivity (Wildman–Crippen MR) is 56.5 cm³/mol. The van der Waals surface area contributed by atoms with Crippen molar-refractivity contribution < 1.29 is 0 Å². The Bertz CT molecular complexity index is 202. The molecule has 0 atom stereocenters. The van der Waals surface area contributed by atoms with Crippen molar-refractivity contribution in [1.82, 2.24) is 0 Å². The fraction of sp³-hybridized carbons (Fsp3) is 0.545. The molecule has 0 bridgehead atoms. The molecule has 0 amide bonds. The van der Waals surface area contributed by atoms with E-state index < -0.39 is 0 Å². The van der Waals surface area contributed by atoms with E-state index in [-0.39, 0.29) is 5.41 Å². The lowest BCUT2D eigenvalue weighted by atomic mass is 9.92. The number of aliphatic imine (C=N–C) groups is 1. The highest BCUT2D eigenvalue weighted by molar-refractivity contribution is 5.55. The van der Waals surface area contributed by atoms with Crippen molar-refractivity contribution in [3.8, 4) is 0 Å². The first-order valence-electron chi connectivity index (χ1n) is 4.34. The van der Waals surface area contributed by atoms with Gasteiger partial charge in [0.1, 0.15) is 0 Å². The van der Waals surface area contributed by atoms with Gasteiger partial charge in [0.15, 0.2) is 0 Å². The zero-order chi connectivity index (χ0) is 9.61. The molecule has 0 aromatic carbocycles. The third-order valence-corrected chi connectivity index (χ3v) is 1.48. The Morgan fingerprint density at radius 3 is 2.08 bits per heavy atom. The van der Waals surface area contributed by atoms with E-state index in [1.165, 1.54) is 0 Å². The fourth-order valence-electron chi connectivity index (χ4n) is 0.813. The fourth-order valence-corrected chi connectivity index (χ4v) is 0.813. The minimum Gasteiger partial charge on any atom is -0.265 e. The van der Waals surface area contributed by atoms with Gasteiger partial charge in [0.2, 0.25) is 0 Å². The van der Waals surface area contributed by atoms with Crippen LogP contribution in [0.5, 0.6) is 0 Å². The third-order valence-electron chi connectivity index (χ3n) is 1.48. The first-order valence-corrected chi connectivity index (χ1v) is 4.34. The zero-order valence-electron chi connectivity index (χ0n) is 8.76. The van der Waals surface area contributed by atoms with Gasteiger partial charge in [-0.3, -0.25) is 4.99 Å². The number of nitrogens with zero attached hydrogens (tertiary/aromatic N) is 1. The average molecular weight is 165 g/mol. The first-order chi connectivity index (χ1) is 5.52. The highest BCUT2D eigenvalue weighted by Gasteiger charge is 2.14. The van der Waals surface area contributed by atoms with Crippen LogP contribution in [0.15, 0.2) is 28.9 Å². The number of rotatable bonds is 2. The summed E-state index contributed by atoms with van der Waals surface area (Å²) in [5, 5.41) is 0. The van der Waals surface area contributed by atoms with Crippen molar-refractivity contribution in [2.75, 3.05) is 0 Å². The van der Waals surface area contributed by atoms with Crippen molar-refractivity contribution in [1.29, 1.82) is 0 Å². The van der Waals surface area contributed by atoms with E-state index in [2.05, 4.69) is 31.8 Å². The van der Waals surface area contributed by atoms with Gasteiger partial charge in [0.05, 0.1) is 0 Å². The Morgan fingerprint density at radius 2 is 1.75 bits per heavy atom. The number of allylic oxidation sites excluding steroid dienone is 4. The number of hydrogen-bond donors (Lipinski definition) is 0. The van der Waals surface area contributed by atoms with Crippen LogP contribution < -0.4 is 0 Å². The Balaban J connectivity index is 4.67. The van der Waals surface area contributed by atoms with Crippen molar-refractivity contribution >= 4 is 6.21 Å². The molecule has 0 aliphatic heterocycles. The smallest absolute Gasteiger partial charge is 0.0452 e. The van der Waals surface area contributed by atoms with Crippen LogP contribution >= 0.6 is 0 Å². The second-order valence-corrected chi connectivity index (χ2v) is 3.71. The predicted octanol–water partition coefficient (Wildman–Crippen LogP) is 3.58. The molecule has 0 rings (SSSR count). The molecule has 12 heavy (non-hydrogen) atoms. The second-order valence-electron chi connectivity index (χ2n) is 3.71. The van der Waals surface area contributed by atoms with Crippen LogP contribution in [-0.4, -0.2) is 6.21 Å². The Hall–Kier alpha value is -0.850. The van der Waals surface area contributed by atoms with Gasteiger partial charge in [-0.15, -0.1) is 0 Å². The molecule has 0 radical (unpaired) electrons. The van der Waals surface area contributed by atoms with Crippen LogP contribution in [0, 0.1) is 5.41 Å². The molecule has 0 aliphatic carbocycles. The summed E-state index contributed by atoms with van der Waals surface area (Å²) in [5.41, 5.74) is 1.24. The SMILES string of the molecule is CC=N/C(=C\C=C/C)C(C)(C)C. The Morgan fingerprint density at radius 1 is 1.17 bits per heavy atom. The van der Waals surface area contributed by atoms with E-state index in [1.54, 1.807) is 0 Å². The molecule has 0 spiro atoms. The summed E-state index contributed by atoms with van der Waals surface area (Å²) < 4.78 is 0. The Kier molecular flexibility index (Phi) is 4.57. The molecule has 0 saturated heterocycles. The summed E-state index contributed by atoms with van der Waals surface area (Å²) in [6, 6.07) is 0. The minimum absolute atomic E-state index is 0.131. The molecule has 68 valence electrons. The molecule has 0 aromatic heterocycles. The van der Waals surface area contributed by atoms with Gasteiger partial charge >= 0.3 is 0 Å². The molecule has 0 aliphatic rings. The lowest BCUT2D eigenvalue weighted by molar-refractivity contribution is 0.499. The van der Waals surface area contributed by atoms with E-state index in [1.807, 2.05) is 32.2 Å². The normalized spacial score (nSPS) is 14.9. The summed E-state index contributed by atoms with van der Waals surface area (Å²) in [6.45, 7) is 10.4. The summed E-state index contributed by atoms with van der Waals surface area (Å²) in [6.07, 6.45) is 7.92. The first kappa shape index (κ1) is 11.2. The van der Waals surface area contributed by atoms with Crippen molar-refractivity contribution in [3.63, 3.8) is 0 Å². The zero-order valence-corrected chi connectivity index (χ0v) is 8.76.